The second-order valence-electron chi connectivity index (χ2n) is 3.55. The third kappa shape index (κ3) is 2.49. The number of carboxylic acid groups (broad SMARTS) is 1. The van der Waals surface area contributed by atoms with Crippen LogP contribution in [-0.2, 0) is 4.79 Å². The predicted octanol–water partition coefficient (Wildman–Crippen LogP) is 0.631. The van der Waals surface area contributed by atoms with E-state index in [0.717, 1.165) is 0 Å². The van der Waals surface area contributed by atoms with E-state index in [1.165, 1.54) is 0 Å². The van der Waals surface area contributed by atoms with Gasteiger partial charge >= 0.3 is 12.0 Å². The Labute approximate surface area is 89.0 Å². The number of carboxylic acids is 1. The highest BCUT2D eigenvalue weighted by Gasteiger charge is 2.36. The van der Waals surface area contributed by atoms with E-state index in [-0.39, 0.29) is 6.03 Å². The third-order valence-corrected chi connectivity index (χ3v) is 2.50. The minimum absolute atomic E-state index is 0.102. The van der Waals surface area contributed by atoms with E-state index in [9.17, 15) is 9.59 Å². The van der Waals surface area contributed by atoms with E-state index in [0.29, 0.717) is 26.2 Å². The molecule has 5 heteroatoms. The number of urea groups is 1. The minimum Gasteiger partial charge on any atom is -0.481 e. The Hall–Kier alpha value is -1.52. The first-order valence-corrected chi connectivity index (χ1v) is 4.97. The zero-order chi connectivity index (χ0) is 11.4. The first kappa shape index (κ1) is 11.6. The molecule has 1 aliphatic rings. The van der Waals surface area contributed by atoms with Crippen molar-refractivity contribution >= 4 is 12.0 Å². The molecular weight excluding hydrogens is 196 g/mol. The molecule has 0 spiro atoms. The smallest absolute Gasteiger partial charge is 0.320 e. The molecule has 1 N–H and O–H groups in total. The first-order chi connectivity index (χ1) is 7.10. The van der Waals surface area contributed by atoms with Crippen molar-refractivity contribution in [2.24, 2.45) is 5.92 Å². The maximum Gasteiger partial charge on any atom is 0.320 e. The Morgan fingerprint density at radius 3 is 2.60 bits per heavy atom. The SMILES string of the molecule is C=CCN(CC)C(=O)N1CC(C(=O)O)C1. The van der Waals surface area contributed by atoms with Crippen LogP contribution < -0.4 is 0 Å². The van der Waals surface area contributed by atoms with E-state index in [2.05, 4.69) is 6.58 Å². The summed E-state index contributed by atoms with van der Waals surface area (Å²) in [5.74, 6) is -1.22. The molecule has 1 heterocycles. The standard InChI is InChI=1S/C10H16N2O3/c1-3-5-11(4-2)10(15)12-6-8(7-12)9(13)14/h3,8H,1,4-7H2,2H3,(H,13,14). The number of hydrogen-bond acceptors (Lipinski definition) is 2. The summed E-state index contributed by atoms with van der Waals surface area (Å²) >= 11 is 0. The van der Waals surface area contributed by atoms with E-state index >= 15 is 0 Å². The van der Waals surface area contributed by atoms with E-state index in [1.54, 1.807) is 15.9 Å². The number of likely N-dealkylation sites (tertiary alicyclic amines) is 1. The molecule has 0 aromatic carbocycles. The molecule has 1 aliphatic heterocycles. The zero-order valence-electron chi connectivity index (χ0n) is 8.85. The van der Waals surface area contributed by atoms with Crippen molar-refractivity contribution in [1.82, 2.24) is 9.80 Å². The second kappa shape index (κ2) is 4.82. The lowest BCUT2D eigenvalue weighted by molar-refractivity contribution is -0.146. The highest BCUT2D eigenvalue weighted by molar-refractivity contribution is 5.79. The van der Waals surface area contributed by atoms with Crippen LogP contribution in [0.15, 0.2) is 12.7 Å². The van der Waals surface area contributed by atoms with Crippen molar-refractivity contribution < 1.29 is 14.7 Å². The number of aliphatic carboxylic acids is 1. The molecule has 1 rings (SSSR count). The molecular formula is C10H16N2O3. The summed E-state index contributed by atoms with van der Waals surface area (Å²) in [6.07, 6.45) is 1.66. The Morgan fingerprint density at radius 1 is 1.60 bits per heavy atom. The number of rotatable bonds is 4. The van der Waals surface area contributed by atoms with Crippen LogP contribution in [0.25, 0.3) is 0 Å². The van der Waals surface area contributed by atoms with Gasteiger partial charge in [0.25, 0.3) is 0 Å². The van der Waals surface area contributed by atoms with Gasteiger partial charge in [-0.15, -0.1) is 6.58 Å². The van der Waals surface area contributed by atoms with Crippen LogP contribution in [0, 0.1) is 5.92 Å². The normalized spacial score (nSPS) is 15.7. The fraction of sp³-hybridized carbons (Fsp3) is 0.600. The van der Waals surface area contributed by atoms with Crippen LogP contribution in [-0.4, -0.2) is 53.1 Å². The zero-order valence-corrected chi connectivity index (χ0v) is 8.85. The lowest BCUT2D eigenvalue weighted by Crippen LogP contribution is -2.57. The molecule has 0 atom stereocenters. The molecule has 1 fully saturated rings. The molecule has 0 unspecified atom stereocenters. The summed E-state index contributed by atoms with van der Waals surface area (Å²) in [4.78, 5) is 25.5. The van der Waals surface area contributed by atoms with E-state index in [1.807, 2.05) is 6.92 Å². The van der Waals surface area contributed by atoms with Gasteiger partial charge in [-0.25, -0.2) is 4.79 Å². The summed E-state index contributed by atoms with van der Waals surface area (Å²) < 4.78 is 0. The lowest BCUT2D eigenvalue weighted by Gasteiger charge is -2.39. The van der Waals surface area contributed by atoms with Crippen molar-refractivity contribution in [1.29, 1.82) is 0 Å². The Morgan fingerprint density at radius 2 is 2.20 bits per heavy atom. The van der Waals surface area contributed by atoms with Crippen molar-refractivity contribution in [3.05, 3.63) is 12.7 Å². The van der Waals surface area contributed by atoms with Crippen molar-refractivity contribution in [3.8, 4) is 0 Å². The molecule has 0 radical (unpaired) electrons. The van der Waals surface area contributed by atoms with E-state index in [4.69, 9.17) is 5.11 Å². The van der Waals surface area contributed by atoms with Gasteiger partial charge in [0.1, 0.15) is 0 Å². The molecule has 5 nitrogen and oxygen atoms in total. The van der Waals surface area contributed by atoms with Gasteiger partial charge in [0.05, 0.1) is 5.92 Å². The molecule has 2 amide bonds. The number of nitrogens with zero attached hydrogens (tertiary/aromatic N) is 2. The number of amides is 2. The maximum absolute atomic E-state index is 11.7. The Bertz CT molecular complexity index is 272. The topological polar surface area (TPSA) is 60.9 Å². The van der Waals surface area contributed by atoms with E-state index < -0.39 is 11.9 Å². The molecule has 0 aromatic heterocycles. The van der Waals surface area contributed by atoms with Crippen molar-refractivity contribution in [3.63, 3.8) is 0 Å². The highest BCUT2D eigenvalue weighted by atomic mass is 16.4. The maximum atomic E-state index is 11.7. The van der Waals surface area contributed by atoms with Gasteiger partial charge in [0, 0.05) is 26.2 Å². The number of carbonyl (C=O) groups is 2. The molecule has 84 valence electrons. The average molecular weight is 212 g/mol. The second-order valence-corrected chi connectivity index (χ2v) is 3.55. The molecule has 1 saturated heterocycles. The van der Waals surface area contributed by atoms with Crippen LogP contribution in [0.2, 0.25) is 0 Å². The van der Waals surface area contributed by atoms with Gasteiger partial charge < -0.3 is 14.9 Å². The van der Waals surface area contributed by atoms with Gasteiger partial charge in [-0.1, -0.05) is 6.08 Å². The van der Waals surface area contributed by atoms with Crippen molar-refractivity contribution in [2.45, 2.75) is 6.92 Å². The Balaban J connectivity index is 2.42. The largest absolute Gasteiger partial charge is 0.481 e. The van der Waals surface area contributed by atoms with Crippen LogP contribution in [0.4, 0.5) is 4.79 Å². The molecule has 0 bridgehead atoms. The average Bonchev–Trinajstić information content (AvgIpc) is 2.10. The fourth-order valence-corrected chi connectivity index (χ4v) is 1.49. The summed E-state index contributed by atoms with van der Waals surface area (Å²) in [7, 11) is 0. The number of likely N-dealkylation sites (N-methyl/N-ethyl adjacent to an activating group) is 1. The fourth-order valence-electron chi connectivity index (χ4n) is 1.49. The summed E-state index contributed by atoms with van der Waals surface area (Å²) in [6.45, 7) is 7.21. The highest BCUT2D eigenvalue weighted by Crippen LogP contribution is 2.17. The predicted molar refractivity (Wildman–Crippen MR) is 55.5 cm³/mol. The van der Waals surface area contributed by atoms with Gasteiger partial charge in [-0.2, -0.15) is 0 Å². The minimum atomic E-state index is -0.828. The van der Waals surface area contributed by atoms with Crippen LogP contribution in [0.5, 0.6) is 0 Å². The molecule has 0 aliphatic carbocycles. The molecule has 0 saturated carbocycles. The lowest BCUT2D eigenvalue weighted by atomic mass is 10.0. The first-order valence-electron chi connectivity index (χ1n) is 4.97. The summed E-state index contributed by atoms with van der Waals surface area (Å²) in [5, 5.41) is 8.66. The van der Waals surface area contributed by atoms with Crippen molar-refractivity contribution in [2.75, 3.05) is 26.2 Å². The van der Waals surface area contributed by atoms with Crippen LogP contribution in [0.3, 0.4) is 0 Å². The van der Waals surface area contributed by atoms with Crippen LogP contribution >= 0.6 is 0 Å². The summed E-state index contributed by atoms with van der Waals surface area (Å²) in [5.41, 5.74) is 0. The summed E-state index contributed by atoms with van der Waals surface area (Å²) in [6, 6.07) is -0.102. The van der Waals surface area contributed by atoms with Crippen LogP contribution in [0.1, 0.15) is 6.92 Å². The van der Waals surface area contributed by atoms with Gasteiger partial charge in [-0.05, 0) is 6.92 Å². The third-order valence-electron chi connectivity index (χ3n) is 2.50. The number of hydrogen-bond donors (Lipinski definition) is 1. The van der Waals surface area contributed by atoms with Gasteiger partial charge in [-0.3, -0.25) is 4.79 Å². The molecule has 0 aromatic rings. The number of carbonyl (C=O) groups excluding carboxylic acids is 1. The monoisotopic (exact) mass is 212 g/mol. The van der Waals surface area contributed by atoms with Gasteiger partial charge in [0.15, 0.2) is 0 Å². The van der Waals surface area contributed by atoms with Gasteiger partial charge in [0.2, 0.25) is 0 Å². The Kier molecular flexibility index (Phi) is 3.71. The quantitative estimate of drug-likeness (QED) is 0.695. The molecule has 15 heavy (non-hydrogen) atoms.